The maximum atomic E-state index is 10.2. The first-order valence-corrected chi connectivity index (χ1v) is 6.18. The van der Waals surface area contributed by atoms with Gasteiger partial charge in [-0.3, -0.25) is 5.41 Å². The first kappa shape index (κ1) is 12.8. The number of hydrogen-bond acceptors (Lipinski definition) is 4. The van der Waals surface area contributed by atoms with E-state index >= 15 is 0 Å². The van der Waals surface area contributed by atoms with Crippen molar-refractivity contribution in [2.45, 2.75) is 32.3 Å². The number of hydrogen-bond donors (Lipinski definition) is 3. The zero-order valence-corrected chi connectivity index (χ0v) is 10.9. The fourth-order valence-electron chi connectivity index (χ4n) is 2.40. The summed E-state index contributed by atoms with van der Waals surface area (Å²) in [4.78, 5) is 6.50. The first-order valence-electron chi connectivity index (χ1n) is 6.18. The summed E-state index contributed by atoms with van der Waals surface area (Å²) in [5.41, 5.74) is 6.42. The largest absolute Gasteiger partial charge is 0.388 e. The standard InChI is InChI=1S/C13H20N4O/c1-9-4-5-10(11(14)15)12(16-9)17-7-3-6-13(2,18)8-17/h4-5,18H,3,6-8H2,1-2H3,(H3,14,15). The fraction of sp³-hybridized carbons (Fsp3) is 0.538. The molecule has 0 aromatic carbocycles. The molecule has 1 aromatic rings. The van der Waals surface area contributed by atoms with Crippen molar-refractivity contribution < 1.29 is 5.11 Å². The van der Waals surface area contributed by atoms with Gasteiger partial charge in [-0.2, -0.15) is 0 Å². The molecule has 1 aliphatic rings. The van der Waals surface area contributed by atoms with Crippen molar-refractivity contribution in [2.75, 3.05) is 18.0 Å². The van der Waals surface area contributed by atoms with Gasteiger partial charge < -0.3 is 15.7 Å². The predicted molar refractivity (Wildman–Crippen MR) is 72.1 cm³/mol. The molecule has 1 saturated heterocycles. The van der Waals surface area contributed by atoms with E-state index < -0.39 is 5.60 Å². The number of nitrogen functional groups attached to an aromatic ring is 1. The Kier molecular flexibility index (Phi) is 3.26. The fourth-order valence-corrected chi connectivity index (χ4v) is 2.40. The minimum atomic E-state index is -0.697. The van der Waals surface area contributed by atoms with Crippen LogP contribution in [0.15, 0.2) is 12.1 Å². The highest BCUT2D eigenvalue weighted by Gasteiger charge is 2.30. The van der Waals surface area contributed by atoms with Crippen LogP contribution >= 0.6 is 0 Å². The number of nitrogens with zero attached hydrogens (tertiary/aromatic N) is 2. The molecule has 18 heavy (non-hydrogen) atoms. The van der Waals surface area contributed by atoms with Crippen molar-refractivity contribution in [3.63, 3.8) is 0 Å². The molecule has 5 heteroatoms. The smallest absolute Gasteiger partial charge is 0.139 e. The zero-order valence-electron chi connectivity index (χ0n) is 10.9. The number of nitrogens with two attached hydrogens (primary N) is 1. The van der Waals surface area contributed by atoms with Crippen molar-refractivity contribution in [1.82, 2.24) is 4.98 Å². The molecule has 0 radical (unpaired) electrons. The number of aromatic nitrogens is 1. The summed E-state index contributed by atoms with van der Waals surface area (Å²) < 4.78 is 0. The molecule has 0 aliphatic carbocycles. The third-order valence-corrected chi connectivity index (χ3v) is 3.28. The highest BCUT2D eigenvalue weighted by Crippen LogP contribution is 2.26. The first-order chi connectivity index (χ1) is 8.39. The van der Waals surface area contributed by atoms with Gasteiger partial charge in [-0.15, -0.1) is 0 Å². The Bertz CT molecular complexity index is 470. The van der Waals surface area contributed by atoms with Gasteiger partial charge in [0.2, 0.25) is 0 Å². The molecule has 0 bridgehead atoms. The second kappa shape index (κ2) is 4.57. The normalized spacial score (nSPS) is 24.1. The molecule has 0 spiro atoms. The zero-order chi connectivity index (χ0) is 13.3. The van der Waals surface area contributed by atoms with Gasteiger partial charge in [-0.1, -0.05) is 0 Å². The van der Waals surface area contributed by atoms with Crippen LogP contribution in [0.2, 0.25) is 0 Å². The molecule has 1 fully saturated rings. The van der Waals surface area contributed by atoms with Crippen molar-refractivity contribution in [3.8, 4) is 0 Å². The highest BCUT2D eigenvalue weighted by molar-refractivity contribution is 5.99. The lowest BCUT2D eigenvalue weighted by molar-refractivity contribution is 0.0447. The van der Waals surface area contributed by atoms with Gasteiger partial charge in [0.1, 0.15) is 11.7 Å². The van der Waals surface area contributed by atoms with Gasteiger partial charge >= 0.3 is 0 Å². The van der Waals surface area contributed by atoms with E-state index in [9.17, 15) is 5.11 Å². The van der Waals surface area contributed by atoms with Crippen molar-refractivity contribution >= 4 is 11.7 Å². The lowest BCUT2D eigenvalue weighted by atomic mass is 9.95. The average molecular weight is 248 g/mol. The molecule has 2 rings (SSSR count). The molecule has 1 aromatic heterocycles. The van der Waals surface area contributed by atoms with Crippen LogP contribution in [-0.4, -0.2) is 34.6 Å². The third-order valence-electron chi connectivity index (χ3n) is 3.28. The van der Waals surface area contributed by atoms with Crippen LogP contribution in [0.1, 0.15) is 31.0 Å². The molecule has 4 N–H and O–H groups in total. The number of amidine groups is 1. The van der Waals surface area contributed by atoms with Crippen LogP contribution in [0.3, 0.4) is 0 Å². The van der Waals surface area contributed by atoms with Gasteiger partial charge in [0.25, 0.3) is 0 Å². The molecule has 2 heterocycles. The van der Waals surface area contributed by atoms with E-state index in [1.165, 1.54) is 0 Å². The molecule has 0 saturated carbocycles. The second-order valence-electron chi connectivity index (χ2n) is 5.26. The van der Waals surface area contributed by atoms with Gasteiger partial charge in [0, 0.05) is 18.8 Å². The van der Waals surface area contributed by atoms with Gasteiger partial charge in [-0.25, -0.2) is 4.98 Å². The Morgan fingerprint density at radius 1 is 1.56 bits per heavy atom. The molecular formula is C13H20N4O. The summed E-state index contributed by atoms with van der Waals surface area (Å²) in [6, 6.07) is 3.67. The van der Waals surface area contributed by atoms with Crippen LogP contribution in [-0.2, 0) is 0 Å². The summed E-state index contributed by atoms with van der Waals surface area (Å²) in [5.74, 6) is 0.727. The molecular weight excluding hydrogens is 228 g/mol. The Morgan fingerprint density at radius 3 is 2.89 bits per heavy atom. The van der Waals surface area contributed by atoms with Gasteiger partial charge in [-0.05, 0) is 38.8 Å². The maximum absolute atomic E-state index is 10.2. The quantitative estimate of drug-likeness (QED) is 0.539. The van der Waals surface area contributed by atoms with Crippen LogP contribution in [0.25, 0.3) is 0 Å². The summed E-state index contributed by atoms with van der Waals surface area (Å²) in [5, 5.41) is 17.8. The van der Waals surface area contributed by atoms with Crippen LogP contribution in [0.4, 0.5) is 5.82 Å². The molecule has 5 nitrogen and oxygen atoms in total. The topological polar surface area (TPSA) is 86.2 Å². The molecule has 1 aliphatic heterocycles. The second-order valence-corrected chi connectivity index (χ2v) is 5.26. The summed E-state index contributed by atoms with van der Waals surface area (Å²) >= 11 is 0. The lowest BCUT2D eigenvalue weighted by Crippen LogP contribution is -2.47. The predicted octanol–water partition coefficient (Wildman–Crippen LogP) is 1.03. The summed E-state index contributed by atoms with van der Waals surface area (Å²) in [6.07, 6.45) is 1.71. The van der Waals surface area contributed by atoms with E-state index in [1.807, 2.05) is 30.9 Å². The molecule has 98 valence electrons. The van der Waals surface area contributed by atoms with Crippen LogP contribution in [0.5, 0.6) is 0 Å². The van der Waals surface area contributed by atoms with Crippen LogP contribution < -0.4 is 10.6 Å². The molecule has 1 unspecified atom stereocenters. The van der Waals surface area contributed by atoms with E-state index in [1.54, 1.807) is 0 Å². The van der Waals surface area contributed by atoms with E-state index in [2.05, 4.69) is 4.98 Å². The van der Waals surface area contributed by atoms with Crippen LogP contribution in [0, 0.1) is 12.3 Å². The number of anilines is 1. The minimum Gasteiger partial charge on any atom is -0.388 e. The number of pyridine rings is 1. The summed E-state index contributed by atoms with van der Waals surface area (Å²) in [6.45, 7) is 5.12. The van der Waals surface area contributed by atoms with E-state index in [4.69, 9.17) is 11.1 Å². The average Bonchev–Trinajstić information content (AvgIpc) is 2.27. The Morgan fingerprint density at radius 2 is 2.28 bits per heavy atom. The molecule has 0 amide bonds. The van der Waals surface area contributed by atoms with E-state index in [0.717, 1.165) is 25.1 Å². The van der Waals surface area contributed by atoms with E-state index in [0.29, 0.717) is 17.9 Å². The monoisotopic (exact) mass is 248 g/mol. The Labute approximate surface area is 107 Å². The van der Waals surface area contributed by atoms with Crippen molar-refractivity contribution in [3.05, 3.63) is 23.4 Å². The van der Waals surface area contributed by atoms with Crippen molar-refractivity contribution in [2.24, 2.45) is 5.73 Å². The third kappa shape index (κ3) is 2.61. The van der Waals surface area contributed by atoms with E-state index in [-0.39, 0.29) is 5.84 Å². The molecule has 1 atom stereocenters. The number of aryl methyl sites for hydroxylation is 1. The number of nitrogens with one attached hydrogen (secondary N) is 1. The number of piperidine rings is 1. The highest BCUT2D eigenvalue weighted by atomic mass is 16.3. The number of β-amino-alcohol motifs (C(OH)–C–C–N with tert-alkyl or cyclic N) is 1. The SMILES string of the molecule is Cc1ccc(C(=N)N)c(N2CCCC(C)(O)C2)n1. The van der Waals surface area contributed by atoms with Gasteiger partial charge in [0.15, 0.2) is 0 Å². The minimum absolute atomic E-state index is 0.0164. The Hall–Kier alpha value is -1.62. The van der Waals surface area contributed by atoms with Crippen molar-refractivity contribution in [1.29, 1.82) is 5.41 Å². The maximum Gasteiger partial charge on any atom is 0.139 e. The number of aliphatic hydroxyl groups is 1. The summed E-state index contributed by atoms with van der Waals surface area (Å²) in [7, 11) is 0. The lowest BCUT2D eigenvalue weighted by Gasteiger charge is -2.38. The Balaban J connectivity index is 2.37. The number of rotatable bonds is 2. The van der Waals surface area contributed by atoms with Gasteiger partial charge in [0.05, 0.1) is 11.2 Å².